The largest absolute Gasteiger partial charge is 0.493 e. The molecule has 1 aromatic carbocycles. The second-order valence-electron chi connectivity index (χ2n) is 2.66. The van der Waals surface area contributed by atoms with E-state index in [0.717, 1.165) is 9.97 Å². The quantitative estimate of drug-likeness (QED) is 0.624. The van der Waals surface area contributed by atoms with E-state index in [0.29, 0.717) is 5.76 Å². The van der Waals surface area contributed by atoms with Crippen molar-refractivity contribution in [3.8, 4) is 16.4 Å². The van der Waals surface area contributed by atoms with Crippen LogP contribution in [0.4, 0.5) is 0 Å². The number of hydrogen-bond donors (Lipinski definition) is 1. The maximum absolute atomic E-state index is 9.63. The fraction of sp³-hybridized carbons (Fsp3) is 0.100. The minimum absolute atomic E-state index is 0.237. The topological polar surface area (TPSA) is 31.5 Å². The van der Waals surface area contributed by atoms with Gasteiger partial charge in [-0.1, -0.05) is 18.2 Å². The van der Waals surface area contributed by atoms with E-state index in [9.17, 15) is 5.11 Å². The molecule has 0 bridgehead atoms. The van der Waals surface area contributed by atoms with Crippen molar-refractivity contribution in [1.29, 1.82) is 0 Å². The van der Waals surface area contributed by atoms with Crippen molar-refractivity contribution in [2.45, 2.75) is 4.41 Å². The number of thioether (sulfide) groups is 1. The molecule has 2 nitrogen and oxygen atoms in total. The van der Waals surface area contributed by atoms with Gasteiger partial charge in [-0.2, -0.15) is 4.42 Å². The highest BCUT2D eigenvalue weighted by Gasteiger charge is 2.25. The second-order valence-corrected chi connectivity index (χ2v) is 4.66. The number of hydrogen-bond acceptors (Lipinski definition) is 3. The molecular weight excluding hydrogens is 216 g/mol. The first-order valence-corrected chi connectivity index (χ1v) is 6.10. The first kappa shape index (κ1) is 9.55. The maximum Gasteiger partial charge on any atom is 0.449 e. The summed E-state index contributed by atoms with van der Waals surface area (Å²) in [4.78, 5) is 0. The Morgan fingerprint density at radius 3 is 2.57 bits per heavy atom. The lowest BCUT2D eigenvalue weighted by Gasteiger charge is -1.86. The Morgan fingerprint density at radius 2 is 2.00 bits per heavy atom. The molecule has 0 amide bonds. The van der Waals surface area contributed by atoms with Crippen LogP contribution in [0, 0.1) is 0 Å². The third-order valence-corrected chi connectivity index (χ3v) is 3.56. The van der Waals surface area contributed by atoms with Gasteiger partial charge in [0.05, 0.1) is 5.56 Å². The highest BCUT2D eigenvalue weighted by atomic mass is 32.2. The van der Waals surface area contributed by atoms with E-state index in [4.69, 9.17) is 4.42 Å². The summed E-state index contributed by atoms with van der Waals surface area (Å²) in [5, 5.41) is 9.86. The normalized spacial score (nSPS) is 10.4. The zero-order valence-electron chi connectivity index (χ0n) is 7.56. The molecule has 0 aliphatic rings. The summed E-state index contributed by atoms with van der Waals surface area (Å²) in [6.07, 6.45) is 1.92. The van der Waals surface area contributed by atoms with Gasteiger partial charge in [0.25, 0.3) is 5.06 Å². The molecule has 0 saturated carbocycles. The van der Waals surface area contributed by atoms with Crippen molar-refractivity contribution in [1.82, 2.24) is 0 Å². The monoisotopic (exact) mass is 225 g/mol. The molecule has 72 valence electrons. The molecule has 1 aromatic heterocycles. The summed E-state index contributed by atoms with van der Waals surface area (Å²) in [5.74, 6) is 0.556. The van der Waals surface area contributed by atoms with Gasteiger partial charge >= 0.3 is 10.2 Å². The van der Waals surface area contributed by atoms with Crippen LogP contribution in [0.2, 0.25) is 0 Å². The van der Waals surface area contributed by atoms with E-state index in [1.165, 1.54) is 23.1 Å². The van der Waals surface area contributed by atoms with Gasteiger partial charge < -0.3 is 5.11 Å². The summed E-state index contributed by atoms with van der Waals surface area (Å²) < 4.78 is 6.25. The Labute approximate surface area is 90.2 Å². The van der Waals surface area contributed by atoms with E-state index >= 15 is 0 Å². The zero-order valence-corrected chi connectivity index (χ0v) is 9.19. The van der Waals surface area contributed by atoms with Gasteiger partial charge in [0.15, 0.2) is 0 Å². The van der Waals surface area contributed by atoms with Crippen LogP contribution < -0.4 is 0 Å². The Bertz CT molecular complexity index is 423. The molecule has 0 fully saturated rings. The molecule has 0 aliphatic heterocycles. The Hall–Kier alpha value is -1.00. The maximum atomic E-state index is 9.63. The van der Waals surface area contributed by atoms with Crippen LogP contribution in [0.1, 0.15) is 0 Å². The molecule has 0 unspecified atom stereocenters. The molecule has 14 heavy (non-hydrogen) atoms. The lowest BCUT2D eigenvalue weighted by Crippen LogP contribution is -1.71. The molecule has 0 radical (unpaired) electrons. The van der Waals surface area contributed by atoms with Gasteiger partial charge in [-0.25, -0.2) is 0 Å². The summed E-state index contributed by atoms with van der Waals surface area (Å²) in [7, 11) is 0. The van der Waals surface area contributed by atoms with Crippen molar-refractivity contribution in [3.63, 3.8) is 0 Å². The summed E-state index contributed by atoms with van der Waals surface area (Å²) in [6.45, 7) is 0. The van der Waals surface area contributed by atoms with Gasteiger partial charge in [0.1, 0.15) is 0 Å². The predicted molar refractivity (Wildman–Crippen MR) is 59.9 cm³/mol. The van der Waals surface area contributed by atoms with Crippen LogP contribution >= 0.6 is 23.1 Å². The van der Waals surface area contributed by atoms with Crippen LogP contribution in [0.15, 0.2) is 39.2 Å². The zero-order chi connectivity index (χ0) is 9.97. The standard InChI is InChI=1S/C10H8O2S2/c1-13-10-12-8(9(11)14-10)7-5-3-2-4-6-7/h2-6H,1H3/p+1. The van der Waals surface area contributed by atoms with Crippen LogP contribution in [0.5, 0.6) is 5.06 Å². The van der Waals surface area contributed by atoms with Crippen molar-refractivity contribution in [2.24, 2.45) is 0 Å². The molecule has 1 heterocycles. The van der Waals surface area contributed by atoms with Crippen molar-refractivity contribution in [2.75, 3.05) is 6.26 Å². The van der Waals surface area contributed by atoms with Crippen LogP contribution in [-0.2, 0) is 0 Å². The second kappa shape index (κ2) is 4.02. The van der Waals surface area contributed by atoms with Crippen LogP contribution in [0.3, 0.4) is 0 Å². The SMILES string of the molecule is CSc1[o+]c(-c2ccccc2)c(O)s1. The fourth-order valence-electron chi connectivity index (χ4n) is 1.13. The van der Waals surface area contributed by atoms with Gasteiger partial charge in [-0.3, -0.25) is 0 Å². The highest BCUT2D eigenvalue weighted by Crippen LogP contribution is 2.40. The molecule has 1 N–H and O–H groups in total. The smallest absolute Gasteiger partial charge is 0.449 e. The van der Waals surface area contributed by atoms with E-state index in [2.05, 4.69) is 0 Å². The average molecular weight is 225 g/mol. The lowest BCUT2D eigenvalue weighted by atomic mass is 10.2. The summed E-state index contributed by atoms with van der Waals surface area (Å²) >= 11 is 2.75. The van der Waals surface area contributed by atoms with Crippen LogP contribution in [-0.4, -0.2) is 11.4 Å². The fourth-order valence-corrected chi connectivity index (χ4v) is 2.40. The van der Waals surface area contributed by atoms with Gasteiger partial charge in [0, 0.05) is 11.3 Å². The van der Waals surface area contributed by atoms with Crippen molar-refractivity contribution >= 4 is 23.1 Å². The van der Waals surface area contributed by atoms with Crippen molar-refractivity contribution < 1.29 is 9.52 Å². The summed E-state index contributed by atoms with van der Waals surface area (Å²) in [6, 6.07) is 9.59. The minimum Gasteiger partial charge on any atom is -0.493 e. The number of aromatic hydroxyl groups is 1. The molecule has 4 heteroatoms. The number of benzene rings is 1. The molecule has 0 saturated heterocycles. The number of rotatable bonds is 2. The highest BCUT2D eigenvalue weighted by molar-refractivity contribution is 8.00. The molecular formula is C10H9O2S2+. The Morgan fingerprint density at radius 1 is 1.29 bits per heavy atom. The predicted octanol–water partition coefficient (Wildman–Crippen LogP) is 3.72. The van der Waals surface area contributed by atoms with E-state index in [1.807, 2.05) is 36.6 Å². The van der Waals surface area contributed by atoms with Gasteiger partial charge in [0.2, 0.25) is 0 Å². The Balaban J connectivity index is 2.46. The Kier molecular flexibility index (Phi) is 2.74. The van der Waals surface area contributed by atoms with E-state index in [-0.39, 0.29) is 5.06 Å². The first-order chi connectivity index (χ1) is 6.81. The van der Waals surface area contributed by atoms with Crippen molar-refractivity contribution in [3.05, 3.63) is 30.3 Å². The molecule has 2 rings (SSSR count). The van der Waals surface area contributed by atoms with Crippen LogP contribution in [0.25, 0.3) is 11.3 Å². The first-order valence-electron chi connectivity index (χ1n) is 4.06. The lowest BCUT2D eigenvalue weighted by molar-refractivity contribution is 0.452. The third-order valence-electron chi connectivity index (χ3n) is 1.76. The molecule has 2 aromatic rings. The molecule has 0 spiro atoms. The van der Waals surface area contributed by atoms with Gasteiger partial charge in [-0.05, 0) is 30.2 Å². The average Bonchev–Trinajstić information content (AvgIpc) is 2.61. The third kappa shape index (κ3) is 1.76. The van der Waals surface area contributed by atoms with Gasteiger partial charge in [-0.15, -0.1) is 0 Å². The van der Waals surface area contributed by atoms with E-state index in [1.54, 1.807) is 0 Å². The summed E-state index contributed by atoms with van der Waals surface area (Å²) in [5.41, 5.74) is 0.904. The van der Waals surface area contributed by atoms with E-state index < -0.39 is 0 Å². The molecule has 0 aliphatic carbocycles. The molecule has 0 atom stereocenters. The minimum atomic E-state index is 0.237.